The quantitative estimate of drug-likeness (QED) is 0.483. The highest BCUT2D eigenvalue weighted by Crippen LogP contribution is 2.39. The van der Waals surface area contributed by atoms with Gasteiger partial charge in [0, 0.05) is 10.0 Å². The van der Waals surface area contributed by atoms with Gasteiger partial charge in [-0.3, -0.25) is 9.69 Å². The van der Waals surface area contributed by atoms with Crippen LogP contribution in [0.4, 0.5) is 0 Å². The lowest BCUT2D eigenvalue weighted by Crippen LogP contribution is -2.27. The number of nitrogens with zero attached hydrogens (tertiary/aromatic N) is 1. The topological polar surface area (TPSA) is 49.8 Å². The zero-order chi connectivity index (χ0) is 19.6. The first kappa shape index (κ1) is 19.9. The summed E-state index contributed by atoms with van der Waals surface area (Å²) in [5.74, 6) is 0.208. The molecule has 7 heteroatoms. The molecule has 1 heterocycles. The first-order chi connectivity index (χ1) is 12.9. The Morgan fingerprint density at radius 3 is 2.67 bits per heavy atom. The Kier molecular flexibility index (Phi) is 6.24. The largest absolute Gasteiger partial charge is 0.504 e. The number of rotatable bonds is 5. The maximum atomic E-state index is 12.8. The van der Waals surface area contributed by atoms with Crippen LogP contribution in [0.15, 0.2) is 45.8 Å². The Hall–Kier alpha value is -1.83. The van der Waals surface area contributed by atoms with E-state index in [2.05, 4.69) is 15.9 Å². The molecule has 0 saturated carbocycles. The molecule has 1 amide bonds. The highest BCUT2D eigenvalue weighted by molar-refractivity contribution is 9.10. The van der Waals surface area contributed by atoms with Crippen LogP contribution in [0.1, 0.15) is 23.6 Å². The van der Waals surface area contributed by atoms with Gasteiger partial charge in [-0.05, 0) is 37.6 Å². The molecule has 2 aromatic carbocycles. The number of thioether (sulfide) groups is 1. The van der Waals surface area contributed by atoms with Gasteiger partial charge in [-0.1, -0.05) is 69.7 Å². The summed E-state index contributed by atoms with van der Waals surface area (Å²) in [6.07, 6.45) is 1.65. The fourth-order valence-corrected chi connectivity index (χ4v) is 4.32. The third-order valence-corrected chi connectivity index (χ3v) is 5.83. The maximum Gasteiger partial charge on any atom is 0.266 e. The number of halogens is 1. The Morgan fingerprint density at radius 1 is 1.30 bits per heavy atom. The highest BCUT2D eigenvalue weighted by atomic mass is 79.9. The molecule has 3 rings (SSSR count). The van der Waals surface area contributed by atoms with Crippen molar-refractivity contribution in [1.29, 1.82) is 0 Å². The van der Waals surface area contributed by atoms with Crippen molar-refractivity contribution < 1.29 is 14.6 Å². The van der Waals surface area contributed by atoms with E-state index in [1.165, 1.54) is 17.3 Å². The minimum Gasteiger partial charge on any atom is -0.504 e. The number of aryl methyl sites for hydroxylation is 1. The van der Waals surface area contributed by atoms with Crippen LogP contribution in [0.25, 0.3) is 6.08 Å². The maximum absolute atomic E-state index is 12.8. The Balaban J connectivity index is 1.87. The second-order valence-corrected chi connectivity index (χ2v) is 8.62. The zero-order valence-corrected chi connectivity index (χ0v) is 18.1. The van der Waals surface area contributed by atoms with Crippen LogP contribution in [-0.4, -0.2) is 26.8 Å². The van der Waals surface area contributed by atoms with E-state index in [0.29, 0.717) is 33.7 Å². The number of thiocarbonyl (C=S) groups is 1. The second kappa shape index (κ2) is 8.46. The van der Waals surface area contributed by atoms with Gasteiger partial charge >= 0.3 is 0 Å². The molecule has 4 nitrogen and oxygen atoms in total. The third kappa shape index (κ3) is 4.54. The molecule has 1 aliphatic rings. The number of ether oxygens (including phenoxy) is 1. The molecule has 0 spiro atoms. The summed E-state index contributed by atoms with van der Waals surface area (Å²) < 4.78 is 6.70. The van der Waals surface area contributed by atoms with Crippen LogP contribution in [0.5, 0.6) is 11.5 Å². The molecule has 0 aromatic heterocycles. The Morgan fingerprint density at radius 2 is 2.00 bits per heavy atom. The van der Waals surface area contributed by atoms with Gasteiger partial charge in [-0.2, -0.15) is 0 Å². The molecule has 0 aliphatic carbocycles. The zero-order valence-electron chi connectivity index (χ0n) is 14.9. The van der Waals surface area contributed by atoms with Crippen LogP contribution >= 0.6 is 39.9 Å². The molecular formula is C20H18BrNO3S2. The smallest absolute Gasteiger partial charge is 0.266 e. The molecule has 140 valence electrons. The molecule has 27 heavy (non-hydrogen) atoms. The molecule has 1 N–H and O–H groups in total. The van der Waals surface area contributed by atoms with Gasteiger partial charge in [0.1, 0.15) is 4.32 Å². The van der Waals surface area contributed by atoms with Gasteiger partial charge in [-0.15, -0.1) is 0 Å². The second-order valence-electron chi connectivity index (χ2n) is 6.03. The minimum atomic E-state index is -0.164. The average molecular weight is 464 g/mol. The highest BCUT2D eigenvalue weighted by Gasteiger charge is 2.32. The van der Waals surface area contributed by atoms with Gasteiger partial charge in [0.25, 0.3) is 5.91 Å². The molecule has 0 unspecified atom stereocenters. The van der Waals surface area contributed by atoms with Crippen LogP contribution in [0.2, 0.25) is 0 Å². The number of carbonyl (C=O) groups is 1. The van der Waals surface area contributed by atoms with Crippen LogP contribution in [0.3, 0.4) is 0 Å². The lowest BCUT2D eigenvalue weighted by molar-refractivity contribution is -0.122. The summed E-state index contributed by atoms with van der Waals surface area (Å²) in [7, 11) is 0. The molecule has 0 bridgehead atoms. The summed E-state index contributed by atoms with van der Waals surface area (Å²) in [6.45, 7) is 4.72. The Bertz CT molecular complexity index is 926. The Labute approximate surface area is 176 Å². The lowest BCUT2D eigenvalue weighted by atomic mass is 10.1. The van der Waals surface area contributed by atoms with Crippen molar-refractivity contribution >= 4 is 56.2 Å². The number of aromatic hydroxyl groups is 1. The molecule has 0 radical (unpaired) electrons. The van der Waals surface area contributed by atoms with Crippen molar-refractivity contribution in [3.8, 4) is 11.5 Å². The first-order valence-electron chi connectivity index (χ1n) is 8.35. The van der Waals surface area contributed by atoms with E-state index in [1.54, 1.807) is 23.1 Å². The number of phenolic OH excluding ortho intramolecular Hbond substituents is 1. The number of benzene rings is 2. The van der Waals surface area contributed by atoms with E-state index in [1.807, 2.05) is 38.1 Å². The molecule has 2 aromatic rings. The van der Waals surface area contributed by atoms with Crippen LogP contribution in [0, 0.1) is 6.92 Å². The van der Waals surface area contributed by atoms with E-state index in [9.17, 15) is 9.90 Å². The summed E-state index contributed by atoms with van der Waals surface area (Å²) in [4.78, 5) is 14.9. The van der Waals surface area contributed by atoms with Gasteiger partial charge in [-0.25, -0.2) is 0 Å². The molecule has 0 atom stereocenters. The van der Waals surface area contributed by atoms with E-state index in [4.69, 9.17) is 17.0 Å². The van der Waals surface area contributed by atoms with Gasteiger partial charge in [0.2, 0.25) is 0 Å². The fourth-order valence-electron chi connectivity index (χ4n) is 2.62. The number of carbonyl (C=O) groups excluding carboxylic acids is 1. The van der Waals surface area contributed by atoms with E-state index in [-0.39, 0.29) is 11.7 Å². The molecule has 1 fully saturated rings. The monoisotopic (exact) mass is 463 g/mol. The lowest BCUT2D eigenvalue weighted by Gasteiger charge is -2.14. The third-order valence-electron chi connectivity index (χ3n) is 3.99. The van der Waals surface area contributed by atoms with Gasteiger partial charge < -0.3 is 9.84 Å². The number of hydrogen-bond acceptors (Lipinski definition) is 5. The molecular weight excluding hydrogens is 446 g/mol. The summed E-state index contributed by atoms with van der Waals surface area (Å²) >= 11 is 10.0. The van der Waals surface area contributed by atoms with Gasteiger partial charge in [0.15, 0.2) is 11.5 Å². The number of phenols is 1. The van der Waals surface area contributed by atoms with Crippen LogP contribution < -0.4 is 4.74 Å². The summed E-state index contributed by atoms with van der Waals surface area (Å²) in [5, 5.41) is 10.4. The predicted molar refractivity (Wildman–Crippen MR) is 117 cm³/mol. The standard InChI is InChI=1S/C20H18BrNO3S2/c1-3-25-16-10-15(21)8-14(18(16)23)9-17-19(24)22(20(26)27-17)11-13-6-4-12(2)5-7-13/h4-10,23H,3,11H2,1-2H3/b17-9-. The number of amides is 1. The SMILES string of the molecule is CCOc1cc(Br)cc(/C=C2\SC(=S)N(Cc3ccc(C)cc3)C2=O)c1O. The summed E-state index contributed by atoms with van der Waals surface area (Å²) in [6, 6.07) is 11.4. The van der Waals surface area contributed by atoms with Crippen molar-refractivity contribution in [2.24, 2.45) is 0 Å². The van der Waals surface area contributed by atoms with E-state index >= 15 is 0 Å². The normalized spacial score (nSPS) is 15.7. The predicted octanol–water partition coefficient (Wildman–Crippen LogP) is 5.26. The van der Waals surface area contributed by atoms with Crippen LogP contribution in [-0.2, 0) is 11.3 Å². The average Bonchev–Trinajstić information content (AvgIpc) is 2.88. The summed E-state index contributed by atoms with van der Waals surface area (Å²) in [5.41, 5.74) is 2.69. The molecule has 1 saturated heterocycles. The minimum absolute atomic E-state index is 0.00357. The van der Waals surface area contributed by atoms with E-state index < -0.39 is 0 Å². The van der Waals surface area contributed by atoms with E-state index in [0.717, 1.165) is 10.0 Å². The van der Waals surface area contributed by atoms with Crippen molar-refractivity contribution in [2.45, 2.75) is 20.4 Å². The molecule has 1 aliphatic heterocycles. The first-order valence-corrected chi connectivity index (χ1v) is 10.4. The van der Waals surface area contributed by atoms with Gasteiger partial charge in [0.05, 0.1) is 18.1 Å². The fraction of sp³-hybridized carbons (Fsp3) is 0.200. The van der Waals surface area contributed by atoms with Crippen molar-refractivity contribution in [1.82, 2.24) is 4.90 Å². The van der Waals surface area contributed by atoms with Crippen molar-refractivity contribution in [3.05, 3.63) is 62.5 Å². The van der Waals surface area contributed by atoms with Crippen molar-refractivity contribution in [2.75, 3.05) is 6.61 Å². The number of hydrogen-bond donors (Lipinski definition) is 1. The van der Waals surface area contributed by atoms with Crippen molar-refractivity contribution in [3.63, 3.8) is 0 Å².